The Morgan fingerprint density at radius 3 is 3.00 bits per heavy atom. The molecule has 0 aliphatic rings. The highest BCUT2D eigenvalue weighted by atomic mass is 16.5. The molecule has 5 nitrogen and oxygen atoms in total. The molecule has 0 fully saturated rings. The number of methoxy groups -OCH3 is 1. The van der Waals surface area contributed by atoms with Gasteiger partial charge in [0.2, 0.25) is 0 Å². The van der Waals surface area contributed by atoms with Crippen LogP contribution in [0.5, 0.6) is 0 Å². The lowest BCUT2D eigenvalue weighted by molar-refractivity contribution is 0.0593. The maximum absolute atomic E-state index is 11.3. The molecule has 0 aliphatic carbocycles. The molecule has 0 bridgehead atoms. The first-order chi connectivity index (χ1) is 8.71. The molecule has 0 aromatic carbocycles. The highest BCUT2D eigenvalue weighted by molar-refractivity contribution is 5.87. The van der Waals surface area contributed by atoms with Crippen LogP contribution in [0.15, 0.2) is 30.9 Å². The second-order valence-corrected chi connectivity index (χ2v) is 3.75. The van der Waals surface area contributed by atoms with Gasteiger partial charge in [-0.25, -0.2) is 9.78 Å². The summed E-state index contributed by atoms with van der Waals surface area (Å²) in [5.74, 6) is -0.450. The zero-order valence-corrected chi connectivity index (χ0v) is 10.5. The molecule has 0 unspecified atom stereocenters. The van der Waals surface area contributed by atoms with E-state index in [-0.39, 0.29) is 12.3 Å². The summed E-state index contributed by atoms with van der Waals surface area (Å²) >= 11 is 0. The third kappa shape index (κ3) is 4.27. The van der Waals surface area contributed by atoms with Gasteiger partial charge in [0, 0.05) is 19.6 Å². The van der Waals surface area contributed by atoms with Crippen LogP contribution in [0, 0.1) is 0 Å². The Morgan fingerprint density at radius 1 is 1.61 bits per heavy atom. The highest BCUT2D eigenvalue weighted by Crippen LogP contribution is 2.05. The third-order valence-electron chi connectivity index (χ3n) is 2.39. The van der Waals surface area contributed by atoms with Crippen molar-refractivity contribution in [2.75, 3.05) is 26.8 Å². The molecule has 0 atom stereocenters. The van der Waals surface area contributed by atoms with Crippen LogP contribution in [-0.2, 0) is 11.3 Å². The van der Waals surface area contributed by atoms with Crippen LogP contribution in [0.25, 0.3) is 0 Å². The summed E-state index contributed by atoms with van der Waals surface area (Å²) in [5, 5.41) is 8.95. The summed E-state index contributed by atoms with van der Waals surface area (Å²) in [6.45, 7) is 5.49. The topological polar surface area (TPSA) is 62.7 Å². The van der Waals surface area contributed by atoms with Crippen LogP contribution >= 0.6 is 0 Å². The fraction of sp³-hybridized carbons (Fsp3) is 0.385. The zero-order valence-electron chi connectivity index (χ0n) is 10.5. The molecule has 18 heavy (non-hydrogen) atoms. The number of carbonyl (C=O) groups excluding carboxylic acids is 1. The SMILES string of the molecule is C=CCN(CCO)Cc1cccc(C(=O)OC)n1. The van der Waals surface area contributed by atoms with Crippen LogP contribution < -0.4 is 0 Å². The number of hydrogen-bond acceptors (Lipinski definition) is 5. The number of pyridine rings is 1. The van der Waals surface area contributed by atoms with Crippen molar-refractivity contribution in [3.63, 3.8) is 0 Å². The zero-order chi connectivity index (χ0) is 13.4. The van der Waals surface area contributed by atoms with Crippen LogP contribution in [0.2, 0.25) is 0 Å². The van der Waals surface area contributed by atoms with Gasteiger partial charge in [-0.1, -0.05) is 12.1 Å². The molecule has 1 rings (SSSR count). The summed E-state index contributed by atoms with van der Waals surface area (Å²) in [7, 11) is 1.33. The minimum atomic E-state index is -0.450. The number of nitrogens with zero attached hydrogens (tertiary/aromatic N) is 2. The molecule has 5 heteroatoms. The first-order valence-electron chi connectivity index (χ1n) is 5.69. The molecule has 0 saturated heterocycles. The van der Waals surface area contributed by atoms with E-state index in [1.54, 1.807) is 18.2 Å². The van der Waals surface area contributed by atoms with E-state index in [4.69, 9.17) is 5.11 Å². The van der Waals surface area contributed by atoms with E-state index in [2.05, 4.69) is 16.3 Å². The van der Waals surface area contributed by atoms with E-state index in [0.717, 1.165) is 5.69 Å². The molecular formula is C13H18N2O3. The average molecular weight is 250 g/mol. The fourth-order valence-electron chi connectivity index (χ4n) is 1.57. The lowest BCUT2D eigenvalue weighted by atomic mass is 10.3. The molecule has 1 N–H and O–H groups in total. The summed E-state index contributed by atoms with van der Waals surface area (Å²) in [5.41, 5.74) is 1.05. The lowest BCUT2D eigenvalue weighted by Gasteiger charge is -2.18. The third-order valence-corrected chi connectivity index (χ3v) is 2.39. The summed E-state index contributed by atoms with van der Waals surface area (Å²) < 4.78 is 4.62. The first kappa shape index (κ1) is 14.3. The minimum Gasteiger partial charge on any atom is -0.464 e. The molecular weight excluding hydrogens is 232 g/mol. The second kappa shape index (κ2) is 7.58. The van der Waals surface area contributed by atoms with Gasteiger partial charge in [0.25, 0.3) is 0 Å². The Hall–Kier alpha value is -1.72. The van der Waals surface area contributed by atoms with Gasteiger partial charge in [-0.3, -0.25) is 4.90 Å². The van der Waals surface area contributed by atoms with Crippen molar-refractivity contribution < 1.29 is 14.6 Å². The summed E-state index contributed by atoms with van der Waals surface area (Å²) in [6.07, 6.45) is 1.76. The van der Waals surface area contributed by atoms with E-state index in [9.17, 15) is 4.79 Å². The number of ether oxygens (including phenoxy) is 1. The molecule has 1 aromatic rings. The molecule has 0 spiro atoms. The van der Waals surface area contributed by atoms with Gasteiger partial charge >= 0.3 is 5.97 Å². The number of aliphatic hydroxyl groups is 1. The van der Waals surface area contributed by atoms with Gasteiger partial charge in [-0.2, -0.15) is 0 Å². The molecule has 98 valence electrons. The standard InChI is InChI=1S/C13H18N2O3/c1-3-7-15(8-9-16)10-11-5-4-6-12(14-11)13(17)18-2/h3-6,16H,1,7-10H2,2H3. The Labute approximate surface area is 107 Å². The number of esters is 1. The largest absolute Gasteiger partial charge is 0.464 e. The Bertz CT molecular complexity index is 407. The Balaban J connectivity index is 2.76. The Morgan fingerprint density at radius 2 is 2.39 bits per heavy atom. The number of aliphatic hydroxyl groups excluding tert-OH is 1. The second-order valence-electron chi connectivity index (χ2n) is 3.75. The van der Waals surface area contributed by atoms with Crippen LogP contribution in [0.3, 0.4) is 0 Å². The maximum atomic E-state index is 11.3. The van der Waals surface area contributed by atoms with E-state index in [1.807, 2.05) is 11.0 Å². The number of hydrogen-bond donors (Lipinski definition) is 1. The van der Waals surface area contributed by atoms with Crippen LogP contribution in [0.1, 0.15) is 16.2 Å². The number of rotatable bonds is 7. The summed E-state index contributed by atoms with van der Waals surface area (Å²) in [4.78, 5) is 17.5. The van der Waals surface area contributed by atoms with Crippen molar-refractivity contribution in [1.29, 1.82) is 0 Å². The Kier molecular flexibility index (Phi) is 6.04. The van der Waals surface area contributed by atoms with Crippen molar-refractivity contribution >= 4 is 5.97 Å². The van der Waals surface area contributed by atoms with Crippen molar-refractivity contribution in [2.45, 2.75) is 6.54 Å². The van der Waals surface area contributed by atoms with Crippen molar-refractivity contribution in [3.05, 3.63) is 42.2 Å². The lowest BCUT2D eigenvalue weighted by Crippen LogP contribution is -2.27. The van der Waals surface area contributed by atoms with Gasteiger partial charge in [0.05, 0.1) is 19.4 Å². The quantitative estimate of drug-likeness (QED) is 0.574. The van der Waals surface area contributed by atoms with Gasteiger partial charge < -0.3 is 9.84 Å². The predicted molar refractivity (Wildman–Crippen MR) is 68.1 cm³/mol. The van der Waals surface area contributed by atoms with E-state index in [0.29, 0.717) is 19.6 Å². The monoisotopic (exact) mass is 250 g/mol. The van der Waals surface area contributed by atoms with Crippen molar-refractivity contribution in [1.82, 2.24) is 9.88 Å². The van der Waals surface area contributed by atoms with E-state index >= 15 is 0 Å². The molecule has 1 heterocycles. The van der Waals surface area contributed by atoms with Gasteiger partial charge in [-0.05, 0) is 12.1 Å². The fourth-order valence-corrected chi connectivity index (χ4v) is 1.57. The number of aromatic nitrogens is 1. The van der Waals surface area contributed by atoms with Gasteiger partial charge in [0.1, 0.15) is 5.69 Å². The van der Waals surface area contributed by atoms with E-state index in [1.165, 1.54) is 7.11 Å². The molecule has 0 radical (unpaired) electrons. The van der Waals surface area contributed by atoms with Crippen LogP contribution in [0.4, 0.5) is 0 Å². The average Bonchev–Trinajstić information content (AvgIpc) is 2.39. The summed E-state index contributed by atoms with van der Waals surface area (Å²) in [6, 6.07) is 5.21. The minimum absolute atomic E-state index is 0.0739. The molecule has 0 saturated carbocycles. The molecule has 0 aliphatic heterocycles. The first-order valence-corrected chi connectivity index (χ1v) is 5.69. The van der Waals surface area contributed by atoms with Crippen LogP contribution in [-0.4, -0.2) is 47.8 Å². The molecule has 1 aromatic heterocycles. The maximum Gasteiger partial charge on any atom is 0.356 e. The van der Waals surface area contributed by atoms with Gasteiger partial charge in [0.15, 0.2) is 0 Å². The normalized spacial score (nSPS) is 10.4. The smallest absolute Gasteiger partial charge is 0.356 e. The van der Waals surface area contributed by atoms with E-state index < -0.39 is 5.97 Å². The van der Waals surface area contributed by atoms with Crippen molar-refractivity contribution in [3.8, 4) is 0 Å². The highest BCUT2D eigenvalue weighted by Gasteiger charge is 2.09. The predicted octanol–water partition coefficient (Wildman–Crippen LogP) is 0.849. The number of carbonyl (C=O) groups is 1. The van der Waals surface area contributed by atoms with Gasteiger partial charge in [-0.15, -0.1) is 6.58 Å². The molecule has 0 amide bonds. The van der Waals surface area contributed by atoms with Crippen molar-refractivity contribution in [2.24, 2.45) is 0 Å².